The van der Waals surface area contributed by atoms with Crippen molar-refractivity contribution < 1.29 is 19.0 Å². The van der Waals surface area contributed by atoms with Crippen molar-refractivity contribution in [2.24, 2.45) is 16.8 Å². The van der Waals surface area contributed by atoms with Crippen LogP contribution in [0.4, 0.5) is 0 Å². The lowest BCUT2D eigenvalue weighted by Gasteiger charge is -2.21. The lowest BCUT2D eigenvalue weighted by atomic mass is 9.99. The maximum absolute atomic E-state index is 11.9. The van der Waals surface area contributed by atoms with Gasteiger partial charge < -0.3 is 24.4 Å². The van der Waals surface area contributed by atoms with Gasteiger partial charge in [-0.05, 0) is 18.9 Å². The number of carbonyl (C=O) groups excluding carboxylic acids is 1. The Morgan fingerprint density at radius 1 is 1.26 bits per heavy atom. The Hall–Kier alpha value is -1.71. The number of ether oxygens (including phenoxy) is 3. The minimum Gasteiger partial charge on any atom is -0.493 e. The first-order valence-electron chi connectivity index (χ1n) is 8.86. The molecule has 1 heterocycles. The minimum absolute atomic E-state index is 0. The van der Waals surface area contributed by atoms with E-state index in [2.05, 4.69) is 17.1 Å². The molecule has 0 aliphatic carbocycles. The van der Waals surface area contributed by atoms with Gasteiger partial charge in [0.15, 0.2) is 17.5 Å². The topological polar surface area (TPSA) is 72.4 Å². The Balaban J connectivity index is 0.00000364. The fraction of sp³-hybridized carbons (Fsp3) is 0.579. The van der Waals surface area contributed by atoms with Crippen LogP contribution in [0, 0.1) is 11.8 Å². The van der Waals surface area contributed by atoms with E-state index in [0.29, 0.717) is 24.6 Å². The molecule has 2 rings (SSSR count). The van der Waals surface area contributed by atoms with Crippen LogP contribution in [0.5, 0.6) is 11.5 Å². The van der Waals surface area contributed by atoms with Crippen LogP contribution in [0.1, 0.15) is 19.4 Å². The average molecular weight is 491 g/mol. The lowest BCUT2D eigenvalue weighted by molar-refractivity contribution is -0.145. The maximum Gasteiger partial charge on any atom is 0.310 e. The summed E-state index contributed by atoms with van der Waals surface area (Å²) in [5.74, 6) is 2.09. The van der Waals surface area contributed by atoms with Crippen molar-refractivity contribution in [3.05, 3.63) is 23.8 Å². The van der Waals surface area contributed by atoms with Gasteiger partial charge in [0.25, 0.3) is 0 Å². The summed E-state index contributed by atoms with van der Waals surface area (Å²) in [6.07, 6.45) is 0. The number of nitrogens with one attached hydrogen (secondary N) is 1. The molecule has 1 aromatic carbocycles. The third-order valence-electron chi connectivity index (χ3n) is 4.63. The Labute approximate surface area is 178 Å². The molecule has 0 amide bonds. The van der Waals surface area contributed by atoms with Gasteiger partial charge >= 0.3 is 5.97 Å². The smallest absolute Gasteiger partial charge is 0.310 e. The molecule has 1 fully saturated rings. The van der Waals surface area contributed by atoms with Gasteiger partial charge in [0.05, 0.1) is 33.8 Å². The van der Waals surface area contributed by atoms with Crippen molar-refractivity contribution >= 4 is 35.9 Å². The van der Waals surface area contributed by atoms with Crippen molar-refractivity contribution in [3.8, 4) is 11.5 Å². The number of carbonyl (C=O) groups is 1. The van der Waals surface area contributed by atoms with Gasteiger partial charge in [-0.3, -0.25) is 4.79 Å². The van der Waals surface area contributed by atoms with Crippen molar-refractivity contribution in [2.45, 2.75) is 20.4 Å². The first kappa shape index (κ1) is 23.3. The first-order chi connectivity index (χ1) is 12.5. The zero-order valence-corrected chi connectivity index (χ0v) is 19.0. The highest BCUT2D eigenvalue weighted by Gasteiger charge is 2.36. The minimum atomic E-state index is -0.162. The number of esters is 1. The van der Waals surface area contributed by atoms with Gasteiger partial charge in [0.1, 0.15) is 0 Å². The third kappa shape index (κ3) is 5.63. The van der Waals surface area contributed by atoms with E-state index in [-0.39, 0.29) is 41.8 Å². The molecule has 1 aromatic rings. The summed E-state index contributed by atoms with van der Waals surface area (Å²) in [6.45, 7) is 6.67. The summed E-state index contributed by atoms with van der Waals surface area (Å²) in [6, 6.07) is 5.75. The molecule has 0 bridgehead atoms. The van der Waals surface area contributed by atoms with Gasteiger partial charge in [-0.15, -0.1) is 24.0 Å². The number of hydrogen-bond acceptors (Lipinski definition) is 5. The van der Waals surface area contributed by atoms with E-state index in [1.165, 1.54) is 7.11 Å². The average Bonchev–Trinajstić information content (AvgIpc) is 3.05. The lowest BCUT2D eigenvalue weighted by Crippen LogP contribution is -2.40. The van der Waals surface area contributed by atoms with E-state index in [1.54, 1.807) is 14.2 Å². The number of rotatable bonds is 6. The van der Waals surface area contributed by atoms with Gasteiger partial charge in [-0.2, -0.15) is 0 Å². The SMILES string of the molecule is CCNC(=NCc1cccc(OC)c1OC)N1CC(C)C(C(=O)OC)C1.I. The molecule has 0 spiro atoms. The zero-order valence-electron chi connectivity index (χ0n) is 16.7. The molecule has 27 heavy (non-hydrogen) atoms. The van der Waals surface area contributed by atoms with E-state index in [4.69, 9.17) is 19.2 Å². The molecule has 152 valence electrons. The van der Waals surface area contributed by atoms with Gasteiger partial charge in [-0.25, -0.2) is 4.99 Å². The van der Waals surface area contributed by atoms with E-state index in [1.807, 2.05) is 25.1 Å². The molecule has 7 nitrogen and oxygen atoms in total. The number of benzene rings is 1. The molecular weight excluding hydrogens is 461 g/mol. The highest BCUT2D eigenvalue weighted by molar-refractivity contribution is 14.0. The van der Waals surface area contributed by atoms with Crippen LogP contribution in [0.3, 0.4) is 0 Å². The monoisotopic (exact) mass is 491 g/mol. The van der Waals surface area contributed by atoms with Crippen molar-refractivity contribution in [1.82, 2.24) is 10.2 Å². The van der Waals surface area contributed by atoms with Crippen molar-refractivity contribution in [1.29, 1.82) is 0 Å². The molecule has 0 aromatic heterocycles. The molecule has 0 saturated carbocycles. The fourth-order valence-corrected chi connectivity index (χ4v) is 3.26. The summed E-state index contributed by atoms with van der Waals surface area (Å²) < 4.78 is 15.7. The summed E-state index contributed by atoms with van der Waals surface area (Å²) in [5.41, 5.74) is 0.944. The zero-order chi connectivity index (χ0) is 19.1. The predicted molar refractivity (Wildman–Crippen MR) is 116 cm³/mol. The summed E-state index contributed by atoms with van der Waals surface area (Å²) in [4.78, 5) is 18.8. The number of nitrogens with zero attached hydrogens (tertiary/aromatic N) is 2. The summed E-state index contributed by atoms with van der Waals surface area (Å²) >= 11 is 0. The third-order valence-corrected chi connectivity index (χ3v) is 4.63. The predicted octanol–water partition coefficient (Wildman–Crippen LogP) is 2.53. The summed E-state index contributed by atoms with van der Waals surface area (Å²) in [5, 5.41) is 3.31. The highest BCUT2D eigenvalue weighted by Crippen LogP contribution is 2.31. The standard InChI is InChI=1S/C19H29N3O4.HI/c1-6-20-19(22-11-13(2)15(12-22)18(23)26-5)21-10-14-8-7-9-16(24-3)17(14)25-4;/h7-9,13,15H,6,10-12H2,1-5H3,(H,20,21);1H. The quantitative estimate of drug-likeness (QED) is 0.286. The second-order valence-electron chi connectivity index (χ2n) is 6.33. The number of halogens is 1. The Bertz CT molecular complexity index is 654. The molecular formula is C19H30IN3O4. The number of likely N-dealkylation sites (tertiary alicyclic amines) is 1. The van der Waals surface area contributed by atoms with Crippen LogP contribution in [0.15, 0.2) is 23.2 Å². The molecule has 0 radical (unpaired) electrons. The number of hydrogen-bond donors (Lipinski definition) is 1. The second-order valence-corrected chi connectivity index (χ2v) is 6.33. The Morgan fingerprint density at radius 3 is 2.59 bits per heavy atom. The highest BCUT2D eigenvalue weighted by atomic mass is 127. The van der Waals surface area contributed by atoms with Crippen LogP contribution in [-0.2, 0) is 16.1 Å². The van der Waals surface area contributed by atoms with Gasteiger partial charge in [0.2, 0.25) is 0 Å². The molecule has 2 atom stereocenters. The summed E-state index contributed by atoms with van der Waals surface area (Å²) in [7, 11) is 4.68. The van der Waals surface area contributed by atoms with E-state index in [9.17, 15) is 4.79 Å². The van der Waals surface area contributed by atoms with Crippen LogP contribution in [-0.4, -0.2) is 57.8 Å². The molecule has 1 saturated heterocycles. The first-order valence-corrected chi connectivity index (χ1v) is 8.86. The fourth-order valence-electron chi connectivity index (χ4n) is 3.26. The van der Waals surface area contributed by atoms with Crippen molar-refractivity contribution in [2.75, 3.05) is 41.0 Å². The number of para-hydroxylation sites is 1. The number of aliphatic imine (C=N–C) groups is 1. The normalized spacial score (nSPS) is 19.3. The number of methoxy groups -OCH3 is 3. The molecule has 1 aliphatic heterocycles. The largest absolute Gasteiger partial charge is 0.493 e. The van der Waals surface area contributed by atoms with Crippen LogP contribution in [0.2, 0.25) is 0 Å². The Kier molecular flexibility index (Phi) is 9.68. The van der Waals surface area contributed by atoms with E-state index < -0.39 is 0 Å². The molecule has 1 N–H and O–H groups in total. The van der Waals surface area contributed by atoms with Gasteiger partial charge in [0, 0.05) is 25.2 Å². The Morgan fingerprint density at radius 2 is 2.00 bits per heavy atom. The van der Waals surface area contributed by atoms with E-state index in [0.717, 1.165) is 24.6 Å². The van der Waals surface area contributed by atoms with Crippen LogP contribution in [0.25, 0.3) is 0 Å². The van der Waals surface area contributed by atoms with Crippen LogP contribution < -0.4 is 14.8 Å². The number of guanidine groups is 1. The second kappa shape index (κ2) is 11.2. The maximum atomic E-state index is 11.9. The molecule has 8 heteroatoms. The van der Waals surface area contributed by atoms with Crippen LogP contribution >= 0.6 is 24.0 Å². The van der Waals surface area contributed by atoms with E-state index >= 15 is 0 Å². The molecule has 2 unspecified atom stereocenters. The van der Waals surface area contributed by atoms with Crippen molar-refractivity contribution in [3.63, 3.8) is 0 Å². The van der Waals surface area contributed by atoms with Gasteiger partial charge in [-0.1, -0.05) is 19.1 Å². The molecule has 1 aliphatic rings.